The van der Waals surface area contributed by atoms with Crippen LogP contribution in [0.25, 0.3) is 0 Å². The van der Waals surface area contributed by atoms with Crippen LogP contribution < -0.4 is 4.90 Å². The lowest BCUT2D eigenvalue weighted by molar-refractivity contribution is 0.281. The summed E-state index contributed by atoms with van der Waals surface area (Å²) in [5.41, 5.74) is 1.86. The van der Waals surface area contributed by atoms with E-state index in [1.807, 2.05) is 25.7 Å². The monoisotopic (exact) mass is 211 g/mol. The van der Waals surface area contributed by atoms with Crippen LogP contribution in [0.4, 0.5) is 5.82 Å². The van der Waals surface area contributed by atoms with Gasteiger partial charge < -0.3 is 10.0 Å². The number of hydrogen-bond donors (Lipinski definition) is 1. The Labute approximate surface area is 91.5 Å². The van der Waals surface area contributed by atoms with E-state index in [0.29, 0.717) is 0 Å². The largest absolute Gasteiger partial charge is 0.391 e. The maximum atomic E-state index is 9.31. The Bertz CT molecular complexity index is 320. The molecule has 0 aliphatic rings. The van der Waals surface area contributed by atoms with E-state index >= 15 is 0 Å². The highest BCUT2D eigenvalue weighted by molar-refractivity contribution is 5.49. The molecular formula is C11H21N3O. The van der Waals surface area contributed by atoms with E-state index in [1.165, 1.54) is 6.42 Å². The minimum absolute atomic E-state index is 0.0610. The summed E-state index contributed by atoms with van der Waals surface area (Å²) in [6.45, 7) is 5.17. The molecule has 0 unspecified atom stereocenters. The molecule has 1 N–H and O–H groups in total. The molecule has 0 fully saturated rings. The molecule has 15 heavy (non-hydrogen) atoms. The van der Waals surface area contributed by atoms with Gasteiger partial charge in [0.25, 0.3) is 0 Å². The summed E-state index contributed by atoms with van der Waals surface area (Å²) in [6, 6.07) is 0. The number of nitrogens with zero attached hydrogens (tertiary/aromatic N) is 3. The van der Waals surface area contributed by atoms with Crippen molar-refractivity contribution in [2.45, 2.75) is 33.3 Å². The summed E-state index contributed by atoms with van der Waals surface area (Å²) in [5, 5.41) is 13.6. The summed E-state index contributed by atoms with van der Waals surface area (Å²) in [5.74, 6) is 1.03. The molecule has 4 nitrogen and oxygen atoms in total. The van der Waals surface area contributed by atoms with Gasteiger partial charge in [-0.2, -0.15) is 5.10 Å². The van der Waals surface area contributed by atoms with Crippen molar-refractivity contribution in [3.63, 3.8) is 0 Å². The SMILES string of the molecule is CCCCN(C)c1c(CO)c(C)nn1C. The number of aliphatic hydroxyl groups excluding tert-OH is 1. The molecular weight excluding hydrogens is 190 g/mol. The van der Waals surface area contributed by atoms with Crippen LogP contribution in [0.2, 0.25) is 0 Å². The first kappa shape index (κ1) is 12.0. The number of aromatic nitrogens is 2. The average Bonchev–Trinajstić information content (AvgIpc) is 2.49. The third-order valence-electron chi connectivity index (χ3n) is 2.68. The second-order valence-corrected chi connectivity index (χ2v) is 3.94. The molecule has 0 atom stereocenters. The highest BCUT2D eigenvalue weighted by atomic mass is 16.3. The second kappa shape index (κ2) is 5.16. The predicted octanol–water partition coefficient (Wildman–Crippen LogP) is 1.46. The molecule has 0 amide bonds. The van der Waals surface area contributed by atoms with Gasteiger partial charge in [-0.1, -0.05) is 13.3 Å². The Morgan fingerprint density at radius 2 is 2.13 bits per heavy atom. The summed E-state index contributed by atoms with van der Waals surface area (Å²) < 4.78 is 1.84. The molecule has 1 aromatic rings. The normalized spacial score (nSPS) is 10.7. The van der Waals surface area contributed by atoms with Crippen LogP contribution >= 0.6 is 0 Å². The van der Waals surface area contributed by atoms with E-state index in [2.05, 4.69) is 16.9 Å². The first-order valence-corrected chi connectivity index (χ1v) is 5.46. The third kappa shape index (κ3) is 2.50. The molecule has 0 spiro atoms. The second-order valence-electron chi connectivity index (χ2n) is 3.94. The average molecular weight is 211 g/mol. The van der Waals surface area contributed by atoms with Gasteiger partial charge in [0, 0.05) is 26.2 Å². The van der Waals surface area contributed by atoms with Crippen LogP contribution in [0.15, 0.2) is 0 Å². The molecule has 0 saturated carbocycles. The fourth-order valence-electron chi connectivity index (χ4n) is 1.85. The van der Waals surface area contributed by atoms with Gasteiger partial charge in [-0.05, 0) is 13.3 Å². The summed E-state index contributed by atoms with van der Waals surface area (Å²) in [6.07, 6.45) is 2.33. The van der Waals surface area contributed by atoms with Crippen molar-refractivity contribution in [3.8, 4) is 0 Å². The number of anilines is 1. The molecule has 0 saturated heterocycles. The molecule has 1 heterocycles. The lowest BCUT2D eigenvalue weighted by Gasteiger charge is -2.20. The first-order valence-electron chi connectivity index (χ1n) is 5.46. The van der Waals surface area contributed by atoms with E-state index in [1.54, 1.807) is 0 Å². The van der Waals surface area contributed by atoms with Gasteiger partial charge in [0.1, 0.15) is 5.82 Å². The molecule has 4 heteroatoms. The highest BCUT2D eigenvalue weighted by Gasteiger charge is 2.15. The molecule has 0 radical (unpaired) electrons. The van der Waals surface area contributed by atoms with Crippen molar-refractivity contribution >= 4 is 5.82 Å². The quantitative estimate of drug-likeness (QED) is 0.801. The molecule has 86 valence electrons. The topological polar surface area (TPSA) is 41.3 Å². The van der Waals surface area contributed by atoms with Gasteiger partial charge >= 0.3 is 0 Å². The van der Waals surface area contributed by atoms with E-state index in [-0.39, 0.29) is 6.61 Å². The lowest BCUT2D eigenvalue weighted by atomic mass is 10.2. The molecule has 0 aliphatic heterocycles. The van der Waals surface area contributed by atoms with Crippen LogP contribution in [-0.2, 0) is 13.7 Å². The van der Waals surface area contributed by atoms with Gasteiger partial charge in [0.15, 0.2) is 0 Å². The van der Waals surface area contributed by atoms with Crippen molar-refractivity contribution in [2.24, 2.45) is 7.05 Å². The molecule has 0 aromatic carbocycles. The van der Waals surface area contributed by atoms with Crippen LogP contribution in [0.1, 0.15) is 31.0 Å². The maximum Gasteiger partial charge on any atom is 0.132 e. The smallest absolute Gasteiger partial charge is 0.132 e. The van der Waals surface area contributed by atoms with Crippen LogP contribution in [0.3, 0.4) is 0 Å². The van der Waals surface area contributed by atoms with Crippen molar-refractivity contribution in [2.75, 3.05) is 18.5 Å². The first-order chi connectivity index (χ1) is 7.11. The van der Waals surface area contributed by atoms with Gasteiger partial charge in [-0.15, -0.1) is 0 Å². The van der Waals surface area contributed by atoms with Gasteiger partial charge in [0.2, 0.25) is 0 Å². The zero-order chi connectivity index (χ0) is 11.4. The standard InChI is InChI=1S/C11H21N3O/c1-5-6-7-13(3)11-10(8-15)9(2)12-14(11)4/h15H,5-8H2,1-4H3. The number of rotatable bonds is 5. The fraction of sp³-hybridized carbons (Fsp3) is 0.727. The van der Waals surface area contributed by atoms with Crippen molar-refractivity contribution in [1.29, 1.82) is 0 Å². The highest BCUT2D eigenvalue weighted by Crippen LogP contribution is 2.22. The van der Waals surface area contributed by atoms with Crippen molar-refractivity contribution in [1.82, 2.24) is 9.78 Å². The number of aryl methyl sites for hydroxylation is 2. The maximum absolute atomic E-state index is 9.31. The Morgan fingerprint density at radius 3 is 2.67 bits per heavy atom. The van der Waals surface area contributed by atoms with Crippen molar-refractivity contribution in [3.05, 3.63) is 11.3 Å². The Morgan fingerprint density at radius 1 is 1.47 bits per heavy atom. The van der Waals surface area contributed by atoms with Crippen molar-refractivity contribution < 1.29 is 5.11 Å². The van der Waals surface area contributed by atoms with Crippen LogP contribution in [0, 0.1) is 6.92 Å². The Hall–Kier alpha value is -1.03. The van der Waals surface area contributed by atoms with Gasteiger partial charge in [-0.25, -0.2) is 0 Å². The van der Waals surface area contributed by atoms with Crippen LogP contribution in [0.5, 0.6) is 0 Å². The zero-order valence-corrected chi connectivity index (χ0v) is 10.1. The van der Waals surface area contributed by atoms with E-state index in [0.717, 1.165) is 30.0 Å². The molecule has 1 rings (SSSR count). The number of hydrogen-bond acceptors (Lipinski definition) is 3. The molecule has 0 aliphatic carbocycles. The fourth-order valence-corrected chi connectivity index (χ4v) is 1.85. The zero-order valence-electron chi connectivity index (χ0n) is 10.1. The third-order valence-corrected chi connectivity index (χ3v) is 2.68. The van der Waals surface area contributed by atoms with E-state index in [4.69, 9.17) is 0 Å². The Balaban J connectivity index is 2.91. The minimum atomic E-state index is 0.0610. The summed E-state index contributed by atoms with van der Waals surface area (Å²) in [4.78, 5) is 2.16. The van der Waals surface area contributed by atoms with Crippen LogP contribution in [-0.4, -0.2) is 28.5 Å². The number of aliphatic hydroxyl groups is 1. The Kier molecular flexibility index (Phi) is 4.15. The summed E-state index contributed by atoms with van der Waals surface area (Å²) >= 11 is 0. The predicted molar refractivity (Wildman–Crippen MR) is 62.0 cm³/mol. The molecule has 0 bridgehead atoms. The summed E-state index contributed by atoms with van der Waals surface area (Å²) in [7, 11) is 3.97. The molecule has 1 aromatic heterocycles. The van der Waals surface area contributed by atoms with E-state index in [9.17, 15) is 5.11 Å². The van der Waals surface area contributed by atoms with Gasteiger partial charge in [-0.3, -0.25) is 4.68 Å². The number of unbranched alkanes of at least 4 members (excludes halogenated alkanes) is 1. The minimum Gasteiger partial charge on any atom is -0.391 e. The van der Waals surface area contributed by atoms with E-state index < -0.39 is 0 Å². The lowest BCUT2D eigenvalue weighted by Crippen LogP contribution is -2.22. The van der Waals surface area contributed by atoms with Gasteiger partial charge in [0.05, 0.1) is 12.3 Å².